The Kier molecular flexibility index (Phi) is 7.45. The van der Waals surface area contributed by atoms with Crippen LogP contribution in [-0.4, -0.2) is 12.2 Å². The summed E-state index contributed by atoms with van der Waals surface area (Å²) < 4.78 is 5.73. The SMILES string of the molecule is C=C(C)[C@H](/C=C/CCCCOC(C)(C)C)c1ccccc1. The van der Waals surface area contributed by atoms with Crippen molar-refractivity contribution in [3.05, 3.63) is 60.2 Å². The van der Waals surface area contributed by atoms with Gasteiger partial charge in [0.05, 0.1) is 5.60 Å². The normalized spacial score (nSPS) is 13.5. The molecule has 0 spiro atoms. The van der Waals surface area contributed by atoms with Crippen molar-refractivity contribution < 1.29 is 4.74 Å². The smallest absolute Gasteiger partial charge is 0.0598 e. The summed E-state index contributed by atoms with van der Waals surface area (Å²) in [5, 5.41) is 0. The number of allylic oxidation sites excluding steroid dienone is 3. The fourth-order valence-electron chi connectivity index (χ4n) is 2.20. The summed E-state index contributed by atoms with van der Waals surface area (Å²) in [6.07, 6.45) is 7.95. The first-order valence-corrected chi connectivity index (χ1v) is 7.91. The quantitative estimate of drug-likeness (QED) is 0.428. The van der Waals surface area contributed by atoms with E-state index in [9.17, 15) is 0 Å². The Morgan fingerprint density at radius 3 is 2.43 bits per heavy atom. The van der Waals surface area contributed by atoms with Gasteiger partial charge in [-0.3, -0.25) is 0 Å². The van der Waals surface area contributed by atoms with Crippen molar-refractivity contribution in [2.45, 2.75) is 58.5 Å². The fraction of sp³-hybridized carbons (Fsp3) is 0.500. The highest BCUT2D eigenvalue weighted by Gasteiger charge is 2.09. The van der Waals surface area contributed by atoms with Crippen molar-refractivity contribution in [1.82, 2.24) is 0 Å². The van der Waals surface area contributed by atoms with Gasteiger partial charge in [0, 0.05) is 12.5 Å². The number of unbranched alkanes of at least 4 members (excludes halogenated alkanes) is 2. The van der Waals surface area contributed by atoms with Gasteiger partial charge < -0.3 is 4.74 Å². The van der Waals surface area contributed by atoms with Gasteiger partial charge in [-0.05, 0) is 52.5 Å². The van der Waals surface area contributed by atoms with E-state index in [1.165, 1.54) is 17.6 Å². The third-order valence-electron chi connectivity index (χ3n) is 3.32. The van der Waals surface area contributed by atoms with Gasteiger partial charge >= 0.3 is 0 Å². The molecule has 0 N–H and O–H groups in total. The van der Waals surface area contributed by atoms with Crippen molar-refractivity contribution in [2.24, 2.45) is 0 Å². The molecule has 1 rings (SSSR count). The summed E-state index contributed by atoms with van der Waals surface area (Å²) in [6.45, 7) is 13.4. The van der Waals surface area contributed by atoms with Crippen molar-refractivity contribution in [3.63, 3.8) is 0 Å². The van der Waals surface area contributed by atoms with Gasteiger partial charge in [0.15, 0.2) is 0 Å². The predicted molar refractivity (Wildman–Crippen MR) is 92.7 cm³/mol. The van der Waals surface area contributed by atoms with Gasteiger partial charge in [0.25, 0.3) is 0 Å². The molecule has 0 aliphatic rings. The first-order chi connectivity index (χ1) is 9.90. The van der Waals surface area contributed by atoms with Crippen LogP contribution in [0.4, 0.5) is 0 Å². The second-order valence-corrected chi connectivity index (χ2v) is 6.62. The molecule has 0 radical (unpaired) electrons. The Balaban J connectivity index is 2.35. The van der Waals surface area contributed by atoms with Crippen LogP contribution in [0, 0.1) is 0 Å². The van der Waals surface area contributed by atoms with E-state index in [1.807, 2.05) is 0 Å². The molecule has 21 heavy (non-hydrogen) atoms. The monoisotopic (exact) mass is 286 g/mol. The molecule has 0 aliphatic heterocycles. The minimum Gasteiger partial charge on any atom is -0.376 e. The third kappa shape index (κ3) is 7.87. The highest BCUT2D eigenvalue weighted by molar-refractivity contribution is 5.31. The van der Waals surface area contributed by atoms with Gasteiger partial charge in [-0.15, -0.1) is 0 Å². The Bertz CT molecular complexity index is 437. The maximum Gasteiger partial charge on any atom is 0.0598 e. The minimum atomic E-state index is -0.0196. The van der Waals surface area contributed by atoms with Crippen LogP contribution in [0.3, 0.4) is 0 Å². The molecule has 0 amide bonds. The molecule has 1 aromatic rings. The molecule has 1 nitrogen and oxygen atoms in total. The van der Waals surface area contributed by atoms with Crippen LogP contribution in [0.2, 0.25) is 0 Å². The minimum absolute atomic E-state index is 0.0196. The zero-order valence-electron chi connectivity index (χ0n) is 14.1. The molecular weight excluding hydrogens is 256 g/mol. The molecule has 0 aliphatic carbocycles. The van der Waals surface area contributed by atoms with Crippen LogP contribution in [0.1, 0.15) is 58.4 Å². The Morgan fingerprint density at radius 2 is 1.86 bits per heavy atom. The molecule has 1 atom stereocenters. The molecule has 1 aromatic carbocycles. The summed E-state index contributed by atoms with van der Waals surface area (Å²) in [5.74, 6) is 0.331. The second-order valence-electron chi connectivity index (χ2n) is 6.62. The Morgan fingerprint density at radius 1 is 1.19 bits per heavy atom. The molecule has 116 valence electrons. The number of rotatable bonds is 8. The van der Waals surface area contributed by atoms with Crippen molar-refractivity contribution in [2.75, 3.05) is 6.61 Å². The average molecular weight is 286 g/mol. The number of ether oxygens (including phenoxy) is 1. The van der Waals surface area contributed by atoms with E-state index in [0.717, 1.165) is 19.4 Å². The van der Waals surface area contributed by atoms with E-state index in [2.05, 4.69) is 76.8 Å². The molecule has 0 bridgehead atoms. The second kappa shape index (κ2) is 8.84. The fourth-order valence-corrected chi connectivity index (χ4v) is 2.20. The van der Waals surface area contributed by atoms with Crippen LogP contribution < -0.4 is 0 Å². The number of benzene rings is 1. The van der Waals surface area contributed by atoms with Gasteiger partial charge in [-0.25, -0.2) is 0 Å². The van der Waals surface area contributed by atoms with Crippen LogP contribution in [-0.2, 0) is 4.74 Å². The Hall–Kier alpha value is -1.34. The largest absolute Gasteiger partial charge is 0.376 e. The van der Waals surface area contributed by atoms with Crippen molar-refractivity contribution in [1.29, 1.82) is 0 Å². The van der Waals surface area contributed by atoms with E-state index in [-0.39, 0.29) is 5.60 Å². The molecule has 0 saturated heterocycles. The number of hydrogen-bond acceptors (Lipinski definition) is 1. The highest BCUT2D eigenvalue weighted by atomic mass is 16.5. The lowest BCUT2D eigenvalue weighted by Crippen LogP contribution is -2.19. The summed E-state index contributed by atoms with van der Waals surface area (Å²) in [4.78, 5) is 0. The maximum absolute atomic E-state index is 5.73. The molecule has 0 unspecified atom stereocenters. The predicted octanol–water partition coefficient (Wildman–Crippen LogP) is 5.89. The lowest BCUT2D eigenvalue weighted by molar-refractivity contribution is -0.00447. The van der Waals surface area contributed by atoms with Gasteiger partial charge in [-0.2, -0.15) is 0 Å². The van der Waals surface area contributed by atoms with Gasteiger partial charge in [-0.1, -0.05) is 54.6 Å². The summed E-state index contributed by atoms with van der Waals surface area (Å²) >= 11 is 0. The van der Waals surface area contributed by atoms with Crippen molar-refractivity contribution >= 4 is 0 Å². The van der Waals surface area contributed by atoms with E-state index in [1.54, 1.807) is 0 Å². The van der Waals surface area contributed by atoms with Crippen LogP contribution >= 0.6 is 0 Å². The molecule has 0 aromatic heterocycles. The lowest BCUT2D eigenvalue weighted by Gasteiger charge is -2.19. The topological polar surface area (TPSA) is 9.23 Å². The maximum atomic E-state index is 5.73. The van der Waals surface area contributed by atoms with Gasteiger partial charge in [0.2, 0.25) is 0 Å². The molecule has 0 saturated carbocycles. The molecular formula is C20H30O. The molecule has 1 heteroatoms. The molecule has 0 heterocycles. The average Bonchev–Trinajstić information content (AvgIpc) is 2.41. The summed E-state index contributed by atoms with van der Waals surface area (Å²) in [6, 6.07) is 10.6. The van der Waals surface area contributed by atoms with E-state index in [4.69, 9.17) is 4.74 Å². The van der Waals surface area contributed by atoms with E-state index in [0.29, 0.717) is 5.92 Å². The third-order valence-corrected chi connectivity index (χ3v) is 3.32. The highest BCUT2D eigenvalue weighted by Crippen LogP contribution is 2.24. The van der Waals surface area contributed by atoms with Gasteiger partial charge in [0.1, 0.15) is 0 Å². The standard InChI is InChI=1S/C20H30O/c1-17(2)19(18-13-9-8-10-14-18)15-11-6-7-12-16-21-20(3,4)5/h8-11,13-15,19H,1,6-7,12,16H2,2-5H3/b15-11+/t19-/m0/s1. The van der Waals surface area contributed by atoms with E-state index >= 15 is 0 Å². The Labute approximate surface area is 130 Å². The molecule has 0 fully saturated rings. The van der Waals surface area contributed by atoms with Crippen molar-refractivity contribution in [3.8, 4) is 0 Å². The van der Waals surface area contributed by atoms with Crippen LogP contribution in [0.15, 0.2) is 54.6 Å². The van der Waals surface area contributed by atoms with Crippen LogP contribution in [0.5, 0.6) is 0 Å². The zero-order valence-corrected chi connectivity index (χ0v) is 14.1. The first-order valence-electron chi connectivity index (χ1n) is 7.91. The summed E-state index contributed by atoms with van der Waals surface area (Å²) in [5.41, 5.74) is 2.49. The number of hydrogen-bond donors (Lipinski definition) is 0. The lowest BCUT2D eigenvalue weighted by atomic mass is 9.92. The first kappa shape index (κ1) is 17.7. The zero-order chi connectivity index (χ0) is 15.7. The van der Waals surface area contributed by atoms with E-state index < -0.39 is 0 Å². The van der Waals surface area contributed by atoms with Crippen LogP contribution in [0.25, 0.3) is 0 Å². The summed E-state index contributed by atoms with van der Waals surface area (Å²) in [7, 11) is 0.